The van der Waals surface area contributed by atoms with E-state index in [0.29, 0.717) is 5.56 Å². The number of hydrogen-bond donors (Lipinski definition) is 1. The summed E-state index contributed by atoms with van der Waals surface area (Å²) in [7, 11) is 0. The summed E-state index contributed by atoms with van der Waals surface area (Å²) in [4.78, 5) is 34.3. The summed E-state index contributed by atoms with van der Waals surface area (Å²) < 4.78 is 38.9. The van der Waals surface area contributed by atoms with Gasteiger partial charge in [0, 0.05) is 30.8 Å². The van der Waals surface area contributed by atoms with Crippen LogP contribution in [0.1, 0.15) is 15.9 Å². The average molecular weight is 346 g/mol. The highest BCUT2D eigenvalue weighted by Gasteiger charge is 2.53. The Hall–Kier alpha value is -2.65. The van der Waals surface area contributed by atoms with Crippen LogP contribution in [0, 0.1) is 28.9 Å². The number of halogens is 3. The van der Waals surface area contributed by atoms with Gasteiger partial charge in [-0.3, -0.25) is 19.7 Å². The van der Waals surface area contributed by atoms with Gasteiger partial charge in [0.1, 0.15) is 0 Å². The number of hydrogen-bond acceptors (Lipinski definition) is 4. The lowest BCUT2D eigenvalue weighted by Gasteiger charge is -2.18. The standard InChI is InChI=1S/C14H13F3N2O5/c1-7-2-8(4-9(3-7)19(23)24)12(20)18-5-10(13(21)22)11(6-18)14(15,16)17/h2-4,10-11H,5-6H2,1H3,(H,21,22)/t10-,11-/m1/s1. The molecule has 1 aromatic carbocycles. The van der Waals surface area contributed by atoms with Crippen molar-refractivity contribution in [2.75, 3.05) is 13.1 Å². The Labute approximate surface area is 133 Å². The Balaban J connectivity index is 2.31. The number of carboxylic acids is 1. The smallest absolute Gasteiger partial charge is 0.394 e. The maximum atomic E-state index is 13.0. The highest BCUT2D eigenvalue weighted by molar-refractivity contribution is 5.95. The summed E-state index contributed by atoms with van der Waals surface area (Å²) in [6, 6.07) is 3.50. The number of alkyl halides is 3. The predicted octanol–water partition coefficient (Wildman–Crippen LogP) is 2.24. The van der Waals surface area contributed by atoms with Gasteiger partial charge in [-0.2, -0.15) is 13.2 Å². The molecule has 0 saturated carbocycles. The predicted molar refractivity (Wildman–Crippen MR) is 74.4 cm³/mol. The van der Waals surface area contributed by atoms with Gasteiger partial charge in [0.25, 0.3) is 11.6 Å². The highest BCUT2D eigenvalue weighted by atomic mass is 19.4. The number of carbonyl (C=O) groups excluding carboxylic acids is 1. The number of nitro groups is 1. The second-order valence-electron chi connectivity index (χ2n) is 5.62. The quantitative estimate of drug-likeness (QED) is 0.668. The van der Waals surface area contributed by atoms with Crippen molar-refractivity contribution in [3.63, 3.8) is 0 Å². The van der Waals surface area contributed by atoms with E-state index in [-0.39, 0.29) is 11.3 Å². The molecule has 2 rings (SSSR count). The number of nitrogens with zero attached hydrogens (tertiary/aromatic N) is 2. The summed E-state index contributed by atoms with van der Waals surface area (Å²) in [6.07, 6.45) is -4.75. The minimum absolute atomic E-state index is 0.145. The third-order valence-electron chi connectivity index (χ3n) is 3.86. The summed E-state index contributed by atoms with van der Waals surface area (Å²) in [5.74, 6) is -6.42. The number of amides is 1. The van der Waals surface area contributed by atoms with Crippen molar-refractivity contribution in [1.82, 2.24) is 4.90 Å². The minimum atomic E-state index is -4.75. The second-order valence-corrected chi connectivity index (χ2v) is 5.62. The Morgan fingerprint density at radius 3 is 2.38 bits per heavy atom. The number of aliphatic carboxylic acids is 1. The van der Waals surface area contributed by atoms with Gasteiger partial charge in [-0.1, -0.05) is 0 Å². The number of non-ortho nitro benzene ring substituents is 1. The molecule has 0 bridgehead atoms. The maximum absolute atomic E-state index is 13.0. The van der Waals surface area contributed by atoms with Crippen LogP contribution in [-0.4, -0.2) is 46.1 Å². The van der Waals surface area contributed by atoms with Crippen LogP contribution >= 0.6 is 0 Å². The summed E-state index contributed by atoms with van der Waals surface area (Å²) in [6.45, 7) is 0.119. The molecule has 0 unspecified atom stereocenters. The van der Waals surface area contributed by atoms with Gasteiger partial charge in [0.05, 0.1) is 16.8 Å². The molecule has 1 fully saturated rings. The lowest BCUT2D eigenvalue weighted by Crippen LogP contribution is -2.34. The Kier molecular flexibility index (Phi) is 4.50. The van der Waals surface area contributed by atoms with Crippen LogP contribution in [0.15, 0.2) is 18.2 Å². The second kappa shape index (κ2) is 6.10. The average Bonchev–Trinajstić information content (AvgIpc) is 2.91. The zero-order valence-corrected chi connectivity index (χ0v) is 12.4. The number of rotatable bonds is 3. The van der Waals surface area contributed by atoms with E-state index in [1.807, 2.05) is 0 Å². The number of carboxylic acid groups (broad SMARTS) is 1. The van der Waals surface area contributed by atoms with Gasteiger partial charge < -0.3 is 10.0 Å². The molecule has 1 amide bonds. The molecular formula is C14H13F3N2O5. The molecule has 7 nitrogen and oxygen atoms in total. The third-order valence-corrected chi connectivity index (χ3v) is 3.86. The lowest BCUT2D eigenvalue weighted by molar-refractivity contribution is -0.384. The first kappa shape index (κ1) is 17.7. The van der Waals surface area contributed by atoms with Gasteiger partial charge in [-0.05, 0) is 18.6 Å². The first-order chi connectivity index (χ1) is 11.0. The molecule has 1 aromatic rings. The molecule has 1 N–H and O–H groups in total. The number of carbonyl (C=O) groups is 2. The largest absolute Gasteiger partial charge is 0.481 e. The van der Waals surface area contributed by atoms with Crippen molar-refractivity contribution in [3.8, 4) is 0 Å². The zero-order valence-electron chi connectivity index (χ0n) is 12.4. The molecule has 24 heavy (non-hydrogen) atoms. The molecule has 0 spiro atoms. The summed E-state index contributed by atoms with van der Waals surface area (Å²) >= 11 is 0. The Bertz CT molecular complexity index is 704. The zero-order chi connectivity index (χ0) is 18.2. The number of aryl methyl sites for hydroxylation is 1. The van der Waals surface area contributed by atoms with E-state index in [1.165, 1.54) is 19.1 Å². The molecule has 10 heteroatoms. The molecule has 0 aliphatic carbocycles. The molecule has 0 aromatic heterocycles. The summed E-state index contributed by atoms with van der Waals surface area (Å²) in [5, 5.41) is 19.8. The van der Waals surface area contributed by atoms with Crippen molar-refractivity contribution in [2.45, 2.75) is 13.1 Å². The van der Waals surface area contributed by atoms with Gasteiger partial charge in [-0.15, -0.1) is 0 Å². The first-order valence-electron chi connectivity index (χ1n) is 6.85. The number of benzene rings is 1. The topological polar surface area (TPSA) is 101 Å². The van der Waals surface area contributed by atoms with Crippen LogP contribution in [-0.2, 0) is 4.79 Å². The van der Waals surface area contributed by atoms with Crippen molar-refractivity contribution >= 4 is 17.6 Å². The van der Waals surface area contributed by atoms with E-state index in [9.17, 15) is 32.9 Å². The van der Waals surface area contributed by atoms with E-state index in [0.717, 1.165) is 11.0 Å². The molecular weight excluding hydrogens is 333 g/mol. The number of likely N-dealkylation sites (tertiary alicyclic amines) is 1. The molecule has 1 aliphatic heterocycles. The van der Waals surface area contributed by atoms with Gasteiger partial charge in [0.2, 0.25) is 0 Å². The normalized spacial score (nSPS) is 20.9. The van der Waals surface area contributed by atoms with Crippen LogP contribution in [0.3, 0.4) is 0 Å². The Morgan fingerprint density at radius 1 is 1.29 bits per heavy atom. The van der Waals surface area contributed by atoms with Crippen molar-refractivity contribution in [1.29, 1.82) is 0 Å². The van der Waals surface area contributed by atoms with E-state index in [2.05, 4.69) is 0 Å². The molecule has 1 saturated heterocycles. The molecule has 130 valence electrons. The molecule has 1 heterocycles. The molecule has 2 atom stereocenters. The fourth-order valence-electron chi connectivity index (χ4n) is 2.73. The Morgan fingerprint density at radius 2 is 1.92 bits per heavy atom. The van der Waals surface area contributed by atoms with Gasteiger partial charge >= 0.3 is 12.1 Å². The minimum Gasteiger partial charge on any atom is -0.481 e. The lowest BCUT2D eigenvalue weighted by atomic mass is 9.96. The van der Waals surface area contributed by atoms with Gasteiger partial charge in [-0.25, -0.2) is 0 Å². The van der Waals surface area contributed by atoms with E-state index < -0.39 is 47.9 Å². The fraction of sp³-hybridized carbons (Fsp3) is 0.429. The monoisotopic (exact) mass is 346 g/mol. The van der Waals surface area contributed by atoms with Crippen LogP contribution in [0.4, 0.5) is 18.9 Å². The van der Waals surface area contributed by atoms with Gasteiger partial charge in [0.15, 0.2) is 0 Å². The van der Waals surface area contributed by atoms with Crippen LogP contribution in [0.2, 0.25) is 0 Å². The SMILES string of the molecule is Cc1cc(C(=O)N2C[C@@H](C(F)(F)F)[C@H](C(=O)O)C2)cc([N+](=O)[O-])c1. The van der Waals surface area contributed by atoms with Crippen molar-refractivity contribution in [2.24, 2.45) is 11.8 Å². The van der Waals surface area contributed by atoms with E-state index in [1.54, 1.807) is 0 Å². The van der Waals surface area contributed by atoms with Crippen molar-refractivity contribution < 1.29 is 32.8 Å². The summed E-state index contributed by atoms with van der Waals surface area (Å²) in [5.41, 5.74) is -0.109. The fourth-order valence-corrected chi connectivity index (χ4v) is 2.73. The number of nitro benzene ring substituents is 1. The van der Waals surface area contributed by atoms with Crippen LogP contribution in [0.5, 0.6) is 0 Å². The van der Waals surface area contributed by atoms with Crippen molar-refractivity contribution in [3.05, 3.63) is 39.4 Å². The van der Waals surface area contributed by atoms with Crippen LogP contribution in [0.25, 0.3) is 0 Å². The van der Waals surface area contributed by atoms with E-state index >= 15 is 0 Å². The molecule has 0 radical (unpaired) electrons. The first-order valence-corrected chi connectivity index (χ1v) is 6.85. The highest BCUT2D eigenvalue weighted by Crippen LogP contribution is 2.38. The third kappa shape index (κ3) is 3.47. The van der Waals surface area contributed by atoms with E-state index in [4.69, 9.17) is 5.11 Å². The molecule has 1 aliphatic rings. The van der Waals surface area contributed by atoms with Crippen LogP contribution < -0.4 is 0 Å². The maximum Gasteiger partial charge on any atom is 0.394 e.